The number of methoxy groups -OCH3 is 1. The van der Waals surface area contributed by atoms with Gasteiger partial charge in [0.25, 0.3) is 0 Å². The van der Waals surface area contributed by atoms with Crippen LogP contribution in [0.25, 0.3) is 10.9 Å². The minimum Gasteiger partial charge on any atom is -0.383 e. The van der Waals surface area contributed by atoms with Crippen LogP contribution >= 0.6 is 0 Å². The van der Waals surface area contributed by atoms with Crippen LogP contribution in [0.15, 0.2) is 36.5 Å². The second kappa shape index (κ2) is 7.55. The van der Waals surface area contributed by atoms with Gasteiger partial charge in [-0.05, 0) is 23.9 Å². The average molecular weight is 275 g/mol. The highest BCUT2D eigenvalue weighted by Gasteiger charge is 2.01. The summed E-state index contributed by atoms with van der Waals surface area (Å²) in [6.45, 7) is 2.62. The number of carbonyl (C=O) groups excluding carboxylic acids is 1. The van der Waals surface area contributed by atoms with Crippen molar-refractivity contribution in [3.63, 3.8) is 0 Å². The van der Waals surface area contributed by atoms with Crippen LogP contribution in [-0.2, 0) is 11.3 Å². The van der Waals surface area contributed by atoms with E-state index in [0.717, 1.165) is 13.0 Å². The highest BCUT2D eigenvalue weighted by atomic mass is 16.5. The van der Waals surface area contributed by atoms with E-state index in [2.05, 4.69) is 39.6 Å². The quantitative estimate of drug-likeness (QED) is 0.759. The van der Waals surface area contributed by atoms with Crippen molar-refractivity contribution in [3.05, 3.63) is 36.5 Å². The summed E-state index contributed by atoms with van der Waals surface area (Å²) in [5.41, 5.74) is 1.23. The van der Waals surface area contributed by atoms with Crippen molar-refractivity contribution in [3.8, 4) is 0 Å². The van der Waals surface area contributed by atoms with Gasteiger partial charge in [0.1, 0.15) is 0 Å². The lowest BCUT2D eigenvalue weighted by Gasteiger charge is -2.08. The Hall–Kier alpha value is -2.01. The smallest absolute Gasteiger partial charge is 0.314 e. The third-order valence-electron chi connectivity index (χ3n) is 3.13. The SMILES string of the molecule is COCCNC(=O)NCCCn1ccc2ccccc21. The van der Waals surface area contributed by atoms with E-state index in [0.29, 0.717) is 19.7 Å². The third kappa shape index (κ3) is 3.99. The predicted octanol–water partition coefficient (Wildman–Crippen LogP) is 1.98. The monoisotopic (exact) mass is 275 g/mol. The first-order chi connectivity index (χ1) is 9.81. The molecule has 0 spiro atoms. The molecule has 1 aromatic heterocycles. The maximum Gasteiger partial charge on any atom is 0.314 e. The number of hydrogen-bond donors (Lipinski definition) is 2. The van der Waals surface area contributed by atoms with Crippen LogP contribution in [0, 0.1) is 0 Å². The van der Waals surface area contributed by atoms with Crippen molar-refractivity contribution in [2.24, 2.45) is 0 Å². The van der Waals surface area contributed by atoms with Crippen molar-refractivity contribution < 1.29 is 9.53 Å². The molecule has 2 N–H and O–H groups in total. The second-order valence-corrected chi connectivity index (χ2v) is 4.60. The summed E-state index contributed by atoms with van der Waals surface area (Å²) in [6, 6.07) is 10.3. The number of rotatable bonds is 7. The second-order valence-electron chi connectivity index (χ2n) is 4.60. The van der Waals surface area contributed by atoms with E-state index < -0.39 is 0 Å². The number of urea groups is 1. The van der Waals surface area contributed by atoms with Gasteiger partial charge < -0.3 is 19.9 Å². The number of ether oxygens (including phenoxy) is 1. The first-order valence-corrected chi connectivity index (χ1v) is 6.86. The van der Waals surface area contributed by atoms with Crippen LogP contribution in [-0.4, -0.2) is 37.4 Å². The zero-order valence-corrected chi connectivity index (χ0v) is 11.8. The summed E-state index contributed by atoms with van der Waals surface area (Å²) >= 11 is 0. The van der Waals surface area contributed by atoms with Gasteiger partial charge in [-0.1, -0.05) is 18.2 Å². The fourth-order valence-electron chi connectivity index (χ4n) is 2.12. The van der Waals surface area contributed by atoms with Crippen molar-refractivity contribution in [1.82, 2.24) is 15.2 Å². The fourth-order valence-corrected chi connectivity index (χ4v) is 2.12. The number of aryl methyl sites for hydroxylation is 1. The normalized spacial score (nSPS) is 10.7. The summed E-state index contributed by atoms with van der Waals surface area (Å²) in [4.78, 5) is 11.4. The molecule has 0 fully saturated rings. The number of nitrogens with zero attached hydrogens (tertiary/aromatic N) is 1. The van der Waals surface area contributed by atoms with Crippen LogP contribution in [0.4, 0.5) is 4.79 Å². The highest BCUT2D eigenvalue weighted by molar-refractivity contribution is 5.79. The molecule has 1 heterocycles. The number of benzene rings is 1. The molecule has 108 valence electrons. The van der Waals surface area contributed by atoms with Crippen LogP contribution in [0.2, 0.25) is 0 Å². The maximum atomic E-state index is 11.4. The van der Waals surface area contributed by atoms with Crippen LogP contribution < -0.4 is 10.6 Å². The highest BCUT2D eigenvalue weighted by Crippen LogP contribution is 2.14. The number of nitrogens with one attached hydrogen (secondary N) is 2. The largest absolute Gasteiger partial charge is 0.383 e. The Morgan fingerprint density at radius 2 is 2.00 bits per heavy atom. The number of hydrogen-bond acceptors (Lipinski definition) is 2. The van der Waals surface area contributed by atoms with E-state index in [1.807, 2.05) is 12.1 Å². The zero-order chi connectivity index (χ0) is 14.2. The van der Waals surface area contributed by atoms with Gasteiger partial charge in [0.15, 0.2) is 0 Å². The lowest BCUT2D eigenvalue weighted by atomic mass is 10.2. The Morgan fingerprint density at radius 3 is 2.85 bits per heavy atom. The number of para-hydroxylation sites is 1. The van der Waals surface area contributed by atoms with Gasteiger partial charge in [-0.25, -0.2) is 4.79 Å². The zero-order valence-electron chi connectivity index (χ0n) is 11.8. The van der Waals surface area contributed by atoms with Gasteiger partial charge >= 0.3 is 6.03 Å². The molecule has 20 heavy (non-hydrogen) atoms. The lowest BCUT2D eigenvalue weighted by Crippen LogP contribution is -2.37. The summed E-state index contributed by atoms with van der Waals surface area (Å²) in [7, 11) is 1.61. The van der Waals surface area contributed by atoms with Crippen LogP contribution in [0.1, 0.15) is 6.42 Å². The summed E-state index contributed by atoms with van der Waals surface area (Å²) < 4.78 is 7.07. The molecule has 0 unspecified atom stereocenters. The van der Waals surface area contributed by atoms with Gasteiger partial charge in [-0.3, -0.25) is 0 Å². The molecule has 2 aromatic rings. The summed E-state index contributed by atoms with van der Waals surface area (Å²) in [6.07, 6.45) is 2.99. The van der Waals surface area contributed by atoms with Crippen LogP contribution in [0.3, 0.4) is 0 Å². The molecular weight excluding hydrogens is 254 g/mol. The molecule has 5 heteroatoms. The Labute approximate surface area is 118 Å². The predicted molar refractivity (Wildman–Crippen MR) is 79.8 cm³/mol. The van der Waals surface area contributed by atoms with Crippen molar-refractivity contribution >= 4 is 16.9 Å². The molecule has 2 rings (SSSR count). The minimum absolute atomic E-state index is 0.139. The summed E-state index contributed by atoms with van der Waals surface area (Å²) in [5, 5.41) is 6.81. The van der Waals surface area contributed by atoms with Crippen molar-refractivity contribution in [1.29, 1.82) is 0 Å². The lowest BCUT2D eigenvalue weighted by molar-refractivity contribution is 0.196. The molecule has 0 atom stereocenters. The van der Waals surface area contributed by atoms with Gasteiger partial charge in [0, 0.05) is 38.5 Å². The molecule has 0 saturated heterocycles. The molecule has 0 aliphatic heterocycles. The average Bonchev–Trinajstić information content (AvgIpc) is 2.87. The van der Waals surface area contributed by atoms with E-state index in [9.17, 15) is 4.79 Å². The molecule has 0 bridgehead atoms. The molecule has 5 nitrogen and oxygen atoms in total. The molecule has 0 saturated carbocycles. The number of fused-ring (bicyclic) bond motifs is 1. The fraction of sp³-hybridized carbons (Fsp3) is 0.400. The molecule has 0 radical (unpaired) electrons. The van der Waals surface area contributed by atoms with E-state index in [4.69, 9.17) is 4.74 Å². The number of amides is 2. The van der Waals surface area contributed by atoms with E-state index in [-0.39, 0.29) is 6.03 Å². The van der Waals surface area contributed by atoms with Gasteiger partial charge in [-0.2, -0.15) is 0 Å². The van der Waals surface area contributed by atoms with Crippen molar-refractivity contribution in [2.75, 3.05) is 26.8 Å². The molecule has 0 aliphatic rings. The minimum atomic E-state index is -0.139. The molecular formula is C15H21N3O2. The Kier molecular flexibility index (Phi) is 5.43. The van der Waals surface area contributed by atoms with E-state index in [1.54, 1.807) is 7.11 Å². The molecule has 1 aromatic carbocycles. The van der Waals surface area contributed by atoms with E-state index >= 15 is 0 Å². The Bertz CT molecular complexity index is 551. The standard InChI is InChI=1S/C15H21N3O2/c1-20-12-9-17-15(19)16-8-4-10-18-11-7-13-5-2-3-6-14(13)18/h2-3,5-7,11H,4,8-10,12H2,1H3,(H2,16,17,19). The maximum absolute atomic E-state index is 11.4. The summed E-state index contributed by atoms with van der Waals surface area (Å²) in [5.74, 6) is 0. The number of carbonyl (C=O) groups is 1. The Balaban J connectivity index is 1.70. The van der Waals surface area contributed by atoms with E-state index in [1.165, 1.54) is 10.9 Å². The van der Waals surface area contributed by atoms with Gasteiger partial charge in [-0.15, -0.1) is 0 Å². The first kappa shape index (κ1) is 14.4. The van der Waals surface area contributed by atoms with Crippen molar-refractivity contribution in [2.45, 2.75) is 13.0 Å². The van der Waals surface area contributed by atoms with Gasteiger partial charge in [0.2, 0.25) is 0 Å². The topological polar surface area (TPSA) is 55.3 Å². The molecule has 0 aliphatic carbocycles. The molecule has 2 amide bonds. The first-order valence-electron chi connectivity index (χ1n) is 6.86. The number of aromatic nitrogens is 1. The Morgan fingerprint density at radius 1 is 1.20 bits per heavy atom. The third-order valence-corrected chi connectivity index (χ3v) is 3.13. The van der Waals surface area contributed by atoms with Gasteiger partial charge in [0.05, 0.1) is 6.61 Å². The van der Waals surface area contributed by atoms with Crippen LogP contribution in [0.5, 0.6) is 0 Å².